The maximum atomic E-state index is 11.6. The molecule has 0 fully saturated rings. The molecule has 5 rings (SSSR count). The van der Waals surface area contributed by atoms with E-state index in [9.17, 15) is 13.2 Å². The molecule has 1 heterocycles. The number of hydroxylamine groups is 1. The van der Waals surface area contributed by atoms with Gasteiger partial charge >= 0.3 is 0 Å². The zero-order valence-electron chi connectivity index (χ0n) is 21.7. The van der Waals surface area contributed by atoms with Gasteiger partial charge in [0.1, 0.15) is 0 Å². The van der Waals surface area contributed by atoms with E-state index >= 15 is 0 Å². The number of anilines is 1. The lowest BCUT2D eigenvalue weighted by atomic mass is 10.0. The van der Waals surface area contributed by atoms with Gasteiger partial charge in [-0.05, 0) is 71.4 Å². The molecule has 0 bridgehead atoms. The number of para-hydroxylation sites is 1. The Morgan fingerprint density at radius 2 is 1.92 bits per heavy atom. The molecule has 8 nitrogen and oxygen atoms in total. The van der Waals surface area contributed by atoms with Crippen LogP contribution >= 0.6 is 0 Å². The van der Waals surface area contributed by atoms with Gasteiger partial charge in [-0.2, -0.15) is 0 Å². The van der Waals surface area contributed by atoms with E-state index in [0.717, 1.165) is 55.3 Å². The van der Waals surface area contributed by atoms with Crippen molar-refractivity contribution in [2.24, 2.45) is 0 Å². The molecule has 0 saturated heterocycles. The van der Waals surface area contributed by atoms with E-state index in [2.05, 4.69) is 51.1 Å². The molecule has 3 aromatic carbocycles. The van der Waals surface area contributed by atoms with Crippen LogP contribution in [-0.4, -0.2) is 42.2 Å². The predicted octanol–water partition coefficient (Wildman–Crippen LogP) is 4.79. The number of H-pyrrole nitrogens is 1. The van der Waals surface area contributed by atoms with Crippen molar-refractivity contribution in [2.75, 3.05) is 17.5 Å². The van der Waals surface area contributed by atoms with Gasteiger partial charge in [0, 0.05) is 48.0 Å². The maximum Gasteiger partial charge on any atom is 0.267 e. The molecule has 1 atom stereocenters. The maximum absolute atomic E-state index is 11.6. The van der Waals surface area contributed by atoms with Gasteiger partial charge in [-0.3, -0.25) is 19.6 Å². The van der Waals surface area contributed by atoms with Crippen LogP contribution in [0.1, 0.15) is 40.3 Å². The summed E-state index contributed by atoms with van der Waals surface area (Å²) in [7, 11) is -3.33. The molecule has 1 aliphatic rings. The van der Waals surface area contributed by atoms with Crippen LogP contribution in [0.25, 0.3) is 17.0 Å². The van der Waals surface area contributed by atoms with Crippen molar-refractivity contribution in [3.8, 4) is 0 Å². The summed E-state index contributed by atoms with van der Waals surface area (Å²) in [5, 5.41) is 9.98. The van der Waals surface area contributed by atoms with E-state index in [1.807, 2.05) is 24.3 Å². The molecule has 1 amide bonds. The van der Waals surface area contributed by atoms with Crippen molar-refractivity contribution >= 4 is 38.6 Å². The molecule has 0 saturated carbocycles. The Balaban J connectivity index is 1.39. The molecule has 0 radical (unpaired) electrons. The van der Waals surface area contributed by atoms with Crippen molar-refractivity contribution in [2.45, 2.75) is 31.8 Å². The number of hydrogen-bond donors (Lipinski definition) is 4. The van der Waals surface area contributed by atoms with E-state index in [4.69, 9.17) is 5.21 Å². The van der Waals surface area contributed by atoms with Gasteiger partial charge in [-0.1, -0.05) is 48.5 Å². The van der Waals surface area contributed by atoms with Crippen molar-refractivity contribution in [1.29, 1.82) is 0 Å². The molecule has 4 aromatic rings. The molecule has 9 heteroatoms. The molecule has 1 aliphatic carbocycles. The van der Waals surface area contributed by atoms with Crippen molar-refractivity contribution in [3.63, 3.8) is 0 Å². The van der Waals surface area contributed by atoms with Crippen molar-refractivity contribution in [1.82, 2.24) is 15.4 Å². The number of hydrogen-bond acceptors (Lipinski definition) is 5. The molecule has 0 aliphatic heterocycles. The van der Waals surface area contributed by atoms with Gasteiger partial charge < -0.3 is 4.98 Å². The van der Waals surface area contributed by atoms with Crippen LogP contribution in [0.2, 0.25) is 0 Å². The molecular weight excluding hydrogens is 512 g/mol. The van der Waals surface area contributed by atoms with Gasteiger partial charge in [0.05, 0.1) is 6.26 Å². The first kappa shape index (κ1) is 26.7. The Hall–Kier alpha value is -3.92. The van der Waals surface area contributed by atoms with Crippen molar-refractivity contribution in [3.05, 3.63) is 107 Å². The van der Waals surface area contributed by atoms with Crippen LogP contribution in [0.3, 0.4) is 0 Å². The summed E-state index contributed by atoms with van der Waals surface area (Å²) in [5.74, 6) is -0.561. The number of nitrogens with one attached hydrogen (secondary N) is 3. The average Bonchev–Trinajstić information content (AvgIpc) is 3.54. The summed E-state index contributed by atoms with van der Waals surface area (Å²) in [5.41, 5.74) is 9.15. The van der Waals surface area contributed by atoms with E-state index < -0.39 is 15.9 Å². The largest absolute Gasteiger partial charge is 0.361 e. The van der Waals surface area contributed by atoms with E-state index in [1.165, 1.54) is 28.2 Å². The van der Waals surface area contributed by atoms with Gasteiger partial charge in [0.15, 0.2) is 0 Å². The second kappa shape index (κ2) is 11.4. The summed E-state index contributed by atoms with van der Waals surface area (Å²) < 4.78 is 25.7. The first-order chi connectivity index (χ1) is 18.8. The molecule has 4 N–H and O–H groups in total. The third-order valence-corrected chi connectivity index (χ3v) is 7.78. The lowest BCUT2D eigenvalue weighted by molar-refractivity contribution is -0.124. The first-order valence-corrected chi connectivity index (χ1v) is 14.8. The Labute approximate surface area is 228 Å². The summed E-state index contributed by atoms with van der Waals surface area (Å²) >= 11 is 0. The number of aryl methyl sites for hydroxylation is 1. The molecule has 0 spiro atoms. The molecule has 39 heavy (non-hydrogen) atoms. The Bertz CT molecular complexity index is 1610. The fraction of sp³-hybridized carbons (Fsp3) is 0.233. The highest BCUT2D eigenvalue weighted by molar-refractivity contribution is 7.92. The highest BCUT2D eigenvalue weighted by Gasteiger charge is 2.28. The fourth-order valence-electron chi connectivity index (χ4n) is 5.38. The minimum Gasteiger partial charge on any atom is -0.361 e. The van der Waals surface area contributed by atoms with E-state index in [-0.39, 0.29) is 6.04 Å². The van der Waals surface area contributed by atoms with Crippen LogP contribution in [0, 0.1) is 0 Å². The molecule has 0 unspecified atom stereocenters. The SMILES string of the molecule is CS(=O)(=O)Nc1ccc(CN(CCc2c[nH]c3ccccc23)[C@H]2CCc3cc(/C=C/C(=O)NO)ccc32)cc1. The second-order valence-corrected chi connectivity index (χ2v) is 11.7. The predicted molar refractivity (Wildman–Crippen MR) is 154 cm³/mol. The highest BCUT2D eigenvalue weighted by Crippen LogP contribution is 2.37. The Morgan fingerprint density at radius 3 is 2.69 bits per heavy atom. The lowest BCUT2D eigenvalue weighted by Crippen LogP contribution is -2.29. The number of aromatic amines is 1. The number of rotatable bonds is 10. The molecular formula is C30H32N4O4S. The van der Waals surface area contributed by atoms with E-state index in [1.54, 1.807) is 23.7 Å². The number of carbonyl (C=O) groups excluding carboxylic acids is 1. The highest BCUT2D eigenvalue weighted by atomic mass is 32.2. The Morgan fingerprint density at radius 1 is 1.13 bits per heavy atom. The summed E-state index contributed by atoms with van der Waals surface area (Å²) in [6.07, 6.45) is 9.06. The number of fused-ring (bicyclic) bond motifs is 2. The third-order valence-electron chi connectivity index (χ3n) is 7.18. The smallest absolute Gasteiger partial charge is 0.267 e. The summed E-state index contributed by atoms with van der Waals surface area (Å²) in [6, 6.07) is 22.4. The Kier molecular flexibility index (Phi) is 7.83. The monoisotopic (exact) mass is 544 g/mol. The van der Waals surface area contributed by atoms with Crippen molar-refractivity contribution < 1.29 is 18.4 Å². The fourth-order valence-corrected chi connectivity index (χ4v) is 5.95. The second-order valence-electron chi connectivity index (χ2n) is 9.97. The van der Waals surface area contributed by atoms with Crippen LogP contribution in [0.5, 0.6) is 0 Å². The van der Waals surface area contributed by atoms with Crippen LogP contribution in [0.4, 0.5) is 5.69 Å². The minimum atomic E-state index is -3.33. The quantitative estimate of drug-likeness (QED) is 0.130. The van der Waals surface area contributed by atoms with Gasteiger partial charge in [-0.25, -0.2) is 13.9 Å². The minimum absolute atomic E-state index is 0.234. The summed E-state index contributed by atoms with van der Waals surface area (Å²) in [6.45, 7) is 1.58. The topological polar surface area (TPSA) is 115 Å². The van der Waals surface area contributed by atoms with Gasteiger partial charge in [0.25, 0.3) is 5.91 Å². The van der Waals surface area contributed by atoms with E-state index in [0.29, 0.717) is 5.69 Å². The summed E-state index contributed by atoms with van der Waals surface area (Å²) in [4.78, 5) is 17.3. The number of amides is 1. The number of sulfonamides is 1. The standard InChI is InChI=1S/C30H32N4O4S/c1-39(37,38)33-25-11-6-22(7-12-25)20-34(17-16-24-19-31-28-5-3-2-4-26(24)28)29-14-10-23-18-21(8-13-27(23)29)9-15-30(35)32-36/h2-9,11-13,15,18-19,29,31,33,36H,10,14,16-17,20H2,1H3,(H,32,35)/b15-9+/t29-/m0/s1. The lowest BCUT2D eigenvalue weighted by Gasteiger charge is -2.30. The number of benzene rings is 3. The van der Waals surface area contributed by atoms with Gasteiger partial charge in [0.2, 0.25) is 10.0 Å². The average molecular weight is 545 g/mol. The zero-order chi connectivity index (χ0) is 27.4. The van der Waals surface area contributed by atoms with Crippen LogP contribution in [-0.2, 0) is 34.2 Å². The third kappa shape index (κ3) is 6.57. The normalized spacial score (nSPS) is 15.2. The molecule has 1 aromatic heterocycles. The van der Waals surface area contributed by atoms with Crippen LogP contribution in [0.15, 0.2) is 79.0 Å². The van der Waals surface area contributed by atoms with Gasteiger partial charge in [-0.15, -0.1) is 0 Å². The number of nitrogens with zero attached hydrogens (tertiary/aromatic N) is 1. The zero-order valence-corrected chi connectivity index (χ0v) is 22.5. The molecule has 202 valence electrons. The number of carbonyl (C=O) groups is 1. The first-order valence-electron chi connectivity index (χ1n) is 12.9. The number of aromatic nitrogens is 1. The van der Waals surface area contributed by atoms with Crippen LogP contribution < -0.4 is 10.2 Å².